The van der Waals surface area contributed by atoms with Crippen molar-refractivity contribution in [3.63, 3.8) is 0 Å². The van der Waals surface area contributed by atoms with Gasteiger partial charge in [-0.1, -0.05) is 60.4 Å². The Kier molecular flexibility index (Phi) is 4.61. The fraction of sp³-hybridized carbons (Fsp3) is 0.333. The van der Waals surface area contributed by atoms with Crippen LogP contribution in [0.5, 0.6) is 0 Å². The molecule has 0 saturated carbocycles. The number of nitrogens with zero attached hydrogens (tertiary/aromatic N) is 1. The quantitative estimate of drug-likeness (QED) is 0.737. The molecule has 0 bridgehead atoms. The SMILES string of the molecule is CC1(C#Cc2ccccc2)CCCCN1Cc1ccccc1. The first-order chi connectivity index (χ1) is 10.8. The molecule has 0 N–H and O–H groups in total. The lowest BCUT2D eigenvalue weighted by molar-refractivity contribution is 0.100. The van der Waals surface area contributed by atoms with Gasteiger partial charge in [-0.15, -0.1) is 0 Å². The topological polar surface area (TPSA) is 3.24 Å². The summed E-state index contributed by atoms with van der Waals surface area (Å²) in [5.74, 6) is 6.94. The molecule has 22 heavy (non-hydrogen) atoms. The molecule has 112 valence electrons. The van der Waals surface area contributed by atoms with Gasteiger partial charge in [0.05, 0.1) is 5.54 Å². The highest BCUT2D eigenvalue weighted by molar-refractivity contribution is 5.36. The molecule has 1 nitrogen and oxygen atoms in total. The van der Waals surface area contributed by atoms with Crippen LogP contribution in [-0.2, 0) is 6.54 Å². The number of hydrogen-bond acceptors (Lipinski definition) is 1. The fourth-order valence-corrected chi connectivity index (χ4v) is 3.10. The van der Waals surface area contributed by atoms with Gasteiger partial charge in [0, 0.05) is 12.1 Å². The van der Waals surface area contributed by atoms with Crippen LogP contribution in [0.2, 0.25) is 0 Å². The largest absolute Gasteiger partial charge is 0.283 e. The lowest BCUT2D eigenvalue weighted by atomic mass is 9.88. The second-order valence-electron chi connectivity index (χ2n) is 6.25. The van der Waals surface area contributed by atoms with Crippen molar-refractivity contribution >= 4 is 0 Å². The molecule has 0 amide bonds. The van der Waals surface area contributed by atoms with Crippen LogP contribution in [0.4, 0.5) is 0 Å². The monoisotopic (exact) mass is 289 g/mol. The van der Waals surface area contributed by atoms with Crippen LogP contribution in [0.3, 0.4) is 0 Å². The molecule has 1 atom stereocenters. The minimum absolute atomic E-state index is 0.0239. The van der Waals surface area contributed by atoms with Gasteiger partial charge in [-0.3, -0.25) is 4.90 Å². The highest BCUT2D eigenvalue weighted by Gasteiger charge is 2.32. The van der Waals surface area contributed by atoms with E-state index in [2.05, 4.69) is 78.3 Å². The molecule has 0 spiro atoms. The van der Waals surface area contributed by atoms with E-state index in [9.17, 15) is 0 Å². The normalized spacial score (nSPS) is 21.9. The van der Waals surface area contributed by atoms with Crippen LogP contribution in [0.1, 0.15) is 37.3 Å². The van der Waals surface area contributed by atoms with E-state index in [-0.39, 0.29) is 5.54 Å². The highest BCUT2D eigenvalue weighted by Crippen LogP contribution is 2.29. The van der Waals surface area contributed by atoms with Gasteiger partial charge in [0.25, 0.3) is 0 Å². The minimum Gasteiger partial charge on any atom is -0.283 e. The second-order valence-corrected chi connectivity index (χ2v) is 6.25. The van der Waals surface area contributed by atoms with Crippen molar-refractivity contribution in [1.82, 2.24) is 4.90 Å². The van der Waals surface area contributed by atoms with Gasteiger partial charge in [0.2, 0.25) is 0 Å². The molecule has 1 unspecified atom stereocenters. The summed E-state index contributed by atoms with van der Waals surface area (Å²) < 4.78 is 0. The van der Waals surface area contributed by atoms with Crippen molar-refractivity contribution in [1.29, 1.82) is 0 Å². The van der Waals surface area contributed by atoms with Crippen LogP contribution in [0.15, 0.2) is 60.7 Å². The van der Waals surface area contributed by atoms with Crippen LogP contribution in [0.25, 0.3) is 0 Å². The summed E-state index contributed by atoms with van der Waals surface area (Å²) in [7, 11) is 0. The van der Waals surface area contributed by atoms with E-state index in [1.54, 1.807) is 0 Å². The van der Waals surface area contributed by atoms with Crippen molar-refractivity contribution in [3.05, 3.63) is 71.8 Å². The lowest BCUT2D eigenvalue weighted by Crippen LogP contribution is -2.48. The van der Waals surface area contributed by atoms with Crippen molar-refractivity contribution in [2.75, 3.05) is 6.54 Å². The van der Waals surface area contributed by atoms with E-state index in [1.807, 2.05) is 6.07 Å². The summed E-state index contributed by atoms with van der Waals surface area (Å²) in [5.41, 5.74) is 2.45. The molecule has 1 heterocycles. The number of piperidine rings is 1. The Hall–Kier alpha value is -2.04. The van der Waals surface area contributed by atoms with Gasteiger partial charge in [0.1, 0.15) is 0 Å². The number of likely N-dealkylation sites (tertiary alicyclic amines) is 1. The van der Waals surface area contributed by atoms with Crippen molar-refractivity contribution in [2.45, 2.75) is 38.3 Å². The van der Waals surface area contributed by atoms with Gasteiger partial charge in [0.15, 0.2) is 0 Å². The molecular weight excluding hydrogens is 266 g/mol. The molecule has 1 heteroatoms. The first-order valence-corrected chi connectivity index (χ1v) is 8.13. The summed E-state index contributed by atoms with van der Waals surface area (Å²) in [6, 6.07) is 21.0. The van der Waals surface area contributed by atoms with Gasteiger partial charge in [-0.25, -0.2) is 0 Å². The highest BCUT2D eigenvalue weighted by atomic mass is 15.2. The van der Waals surface area contributed by atoms with E-state index in [1.165, 1.54) is 18.4 Å². The Labute approximate surface area is 134 Å². The molecule has 1 aliphatic heterocycles. The minimum atomic E-state index is -0.0239. The molecule has 1 saturated heterocycles. The van der Waals surface area contributed by atoms with Gasteiger partial charge < -0.3 is 0 Å². The molecule has 1 fully saturated rings. The zero-order valence-corrected chi connectivity index (χ0v) is 13.3. The maximum Gasteiger partial charge on any atom is 0.0803 e. The predicted octanol–water partition coefficient (Wildman–Crippen LogP) is 4.48. The molecule has 1 aliphatic rings. The Bertz CT molecular complexity index is 651. The molecule has 0 aliphatic carbocycles. The van der Waals surface area contributed by atoms with Crippen LogP contribution in [0, 0.1) is 11.8 Å². The Morgan fingerprint density at radius 1 is 0.955 bits per heavy atom. The number of benzene rings is 2. The average molecular weight is 289 g/mol. The fourth-order valence-electron chi connectivity index (χ4n) is 3.10. The molecule has 0 aromatic heterocycles. The van der Waals surface area contributed by atoms with Gasteiger partial charge in [-0.05, 0) is 50.4 Å². The third-order valence-electron chi connectivity index (χ3n) is 4.51. The molecular formula is C21H23N. The maximum atomic E-state index is 3.56. The van der Waals surface area contributed by atoms with E-state index in [0.29, 0.717) is 0 Å². The standard InChI is InChI=1S/C21H23N/c1-21(16-14-19-10-4-2-5-11-19)15-8-9-17-22(21)18-20-12-6-3-7-13-20/h2-7,10-13H,8-9,15,17-18H2,1H3. The van der Waals surface area contributed by atoms with Gasteiger partial charge >= 0.3 is 0 Å². The molecule has 0 radical (unpaired) electrons. The van der Waals surface area contributed by atoms with Crippen molar-refractivity contribution in [2.24, 2.45) is 0 Å². The number of hydrogen-bond donors (Lipinski definition) is 0. The van der Waals surface area contributed by atoms with Gasteiger partial charge in [-0.2, -0.15) is 0 Å². The first-order valence-electron chi connectivity index (χ1n) is 8.13. The van der Waals surface area contributed by atoms with Crippen molar-refractivity contribution in [3.8, 4) is 11.8 Å². The zero-order chi connectivity index (χ0) is 15.3. The van der Waals surface area contributed by atoms with Crippen molar-refractivity contribution < 1.29 is 0 Å². The third-order valence-corrected chi connectivity index (χ3v) is 4.51. The third kappa shape index (κ3) is 3.59. The second kappa shape index (κ2) is 6.81. The molecule has 2 aromatic rings. The summed E-state index contributed by atoms with van der Waals surface area (Å²) in [6.45, 7) is 4.42. The Morgan fingerprint density at radius 3 is 2.36 bits per heavy atom. The number of rotatable bonds is 2. The zero-order valence-electron chi connectivity index (χ0n) is 13.3. The van der Waals surface area contributed by atoms with E-state index >= 15 is 0 Å². The lowest BCUT2D eigenvalue weighted by Gasteiger charge is -2.41. The van der Waals surface area contributed by atoms with Crippen LogP contribution in [-0.4, -0.2) is 17.0 Å². The first kappa shape index (κ1) is 14.9. The summed E-state index contributed by atoms with van der Waals surface area (Å²) in [4.78, 5) is 2.54. The van der Waals surface area contributed by atoms with Crippen LogP contribution >= 0.6 is 0 Å². The Balaban J connectivity index is 1.80. The molecule has 3 rings (SSSR count). The van der Waals surface area contributed by atoms with Crippen LogP contribution < -0.4 is 0 Å². The predicted molar refractivity (Wildman–Crippen MR) is 92.4 cm³/mol. The summed E-state index contributed by atoms with van der Waals surface area (Å²) >= 11 is 0. The van der Waals surface area contributed by atoms with E-state index in [0.717, 1.165) is 25.1 Å². The smallest absolute Gasteiger partial charge is 0.0803 e. The average Bonchev–Trinajstić information content (AvgIpc) is 2.57. The molecule has 2 aromatic carbocycles. The summed E-state index contributed by atoms with van der Waals surface area (Å²) in [6.07, 6.45) is 3.69. The maximum absolute atomic E-state index is 3.56. The van der Waals surface area contributed by atoms with E-state index in [4.69, 9.17) is 0 Å². The summed E-state index contributed by atoms with van der Waals surface area (Å²) in [5, 5.41) is 0. The Morgan fingerprint density at radius 2 is 1.64 bits per heavy atom. The van der Waals surface area contributed by atoms with E-state index < -0.39 is 0 Å².